The smallest absolute Gasteiger partial charge is 0.407 e. The van der Waals surface area contributed by atoms with Crippen LogP contribution in [0.5, 0.6) is 0 Å². The van der Waals surface area contributed by atoms with Crippen molar-refractivity contribution < 1.29 is 19.8 Å². The number of aliphatic hydroxyl groups excluding tert-OH is 1. The second-order valence-corrected chi connectivity index (χ2v) is 11.7. The van der Waals surface area contributed by atoms with Crippen LogP contribution in [0, 0.1) is 46.3 Å². The number of carbonyl (C=O) groups excluding carboxylic acids is 1. The summed E-state index contributed by atoms with van der Waals surface area (Å²) in [5, 5.41) is 19.4. The molecule has 0 saturated heterocycles. The lowest BCUT2D eigenvalue weighted by Crippen LogP contribution is -2.57. The first-order valence-electron chi connectivity index (χ1n) is 12.2. The maximum Gasteiger partial charge on any atom is 0.407 e. The molecule has 4 aliphatic carbocycles. The molecule has 0 bridgehead atoms. The molecule has 0 radical (unpaired) electrons. The van der Waals surface area contributed by atoms with E-state index in [1.54, 1.807) is 7.05 Å². The summed E-state index contributed by atoms with van der Waals surface area (Å²) in [5.74, 6) is 3.08. The first kappa shape index (κ1) is 22.1. The standard InChI is InChI=1S/C25H41NO4/c1-15(9-12-26(4)23(29)30)18-5-6-19-22-20(8-11-25(18,19)3)24(2)10-7-17(27)13-16(24)14-21(22)28/h15-20,22,27H,5-14H2,1-4H3,(H,29,30)/t15?,16?,17-,18-,19?,20?,22?,24+,25-/m1/s1. The van der Waals surface area contributed by atoms with Crippen LogP contribution >= 0.6 is 0 Å². The van der Waals surface area contributed by atoms with Crippen molar-refractivity contribution in [3.63, 3.8) is 0 Å². The maximum atomic E-state index is 13.4. The minimum Gasteiger partial charge on any atom is -0.465 e. The Balaban J connectivity index is 1.51. The quantitative estimate of drug-likeness (QED) is 0.685. The molecule has 0 heterocycles. The average molecular weight is 420 g/mol. The molecule has 0 aromatic carbocycles. The molecule has 4 aliphatic rings. The van der Waals surface area contributed by atoms with Gasteiger partial charge in [0, 0.05) is 25.9 Å². The van der Waals surface area contributed by atoms with Crippen LogP contribution in [-0.4, -0.2) is 46.7 Å². The minimum atomic E-state index is -0.855. The third kappa shape index (κ3) is 3.40. The van der Waals surface area contributed by atoms with Crippen molar-refractivity contribution in [2.75, 3.05) is 13.6 Å². The molecule has 9 atom stereocenters. The highest BCUT2D eigenvalue weighted by atomic mass is 16.4. The summed E-state index contributed by atoms with van der Waals surface area (Å²) in [7, 11) is 1.65. The Hall–Kier alpha value is -1.10. The molecular formula is C25H41NO4. The molecule has 1 amide bonds. The Morgan fingerprint density at radius 2 is 1.80 bits per heavy atom. The normalized spacial score (nSPS) is 46.5. The van der Waals surface area contributed by atoms with Crippen molar-refractivity contribution in [3.8, 4) is 0 Å². The van der Waals surface area contributed by atoms with Crippen molar-refractivity contribution in [3.05, 3.63) is 0 Å². The zero-order valence-electron chi connectivity index (χ0n) is 19.3. The van der Waals surface area contributed by atoms with Crippen LogP contribution < -0.4 is 0 Å². The molecule has 4 saturated carbocycles. The zero-order chi connectivity index (χ0) is 21.8. The fourth-order valence-corrected chi connectivity index (χ4v) is 8.58. The Morgan fingerprint density at radius 3 is 2.50 bits per heavy atom. The fraction of sp³-hybridized carbons (Fsp3) is 0.920. The highest BCUT2D eigenvalue weighted by molar-refractivity contribution is 5.83. The number of rotatable bonds is 4. The summed E-state index contributed by atoms with van der Waals surface area (Å²) in [6.07, 6.45) is 7.93. The van der Waals surface area contributed by atoms with E-state index in [0.29, 0.717) is 48.3 Å². The number of carbonyl (C=O) groups is 2. The van der Waals surface area contributed by atoms with Gasteiger partial charge in [0.2, 0.25) is 0 Å². The summed E-state index contributed by atoms with van der Waals surface area (Å²) in [5.41, 5.74) is 0.419. The van der Waals surface area contributed by atoms with Crippen LogP contribution in [0.25, 0.3) is 0 Å². The van der Waals surface area contributed by atoms with Crippen LogP contribution in [0.3, 0.4) is 0 Å². The molecular weight excluding hydrogens is 378 g/mol. The number of nitrogens with zero attached hydrogens (tertiary/aromatic N) is 1. The van der Waals surface area contributed by atoms with Crippen molar-refractivity contribution in [2.24, 2.45) is 46.3 Å². The zero-order valence-corrected chi connectivity index (χ0v) is 19.3. The lowest BCUT2D eigenvalue weighted by molar-refractivity contribution is -0.160. The maximum absolute atomic E-state index is 13.4. The summed E-state index contributed by atoms with van der Waals surface area (Å²) in [6, 6.07) is 0. The number of amides is 1. The van der Waals surface area contributed by atoms with E-state index in [1.165, 1.54) is 17.7 Å². The van der Waals surface area contributed by atoms with Crippen molar-refractivity contribution in [1.82, 2.24) is 4.90 Å². The van der Waals surface area contributed by atoms with Gasteiger partial charge in [-0.05, 0) is 91.8 Å². The topological polar surface area (TPSA) is 77.8 Å². The summed E-state index contributed by atoms with van der Waals surface area (Å²) in [6.45, 7) is 7.74. The Kier molecular flexibility index (Phi) is 5.74. The van der Waals surface area contributed by atoms with Gasteiger partial charge in [-0.2, -0.15) is 0 Å². The number of hydrogen-bond donors (Lipinski definition) is 2. The largest absolute Gasteiger partial charge is 0.465 e. The third-order valence-corrected chi connectivity index (χ3v) is 10.4. The fourth-order valence-electron chi connectivity index (χ4n) is 8.58. The first-order chi connectivity index (χ1) is 14.1. The molecule has 4 rings (SSSR count). The number of ketones is 1. The van der Waals surface area contributed by atoms with E-state index in [2.05, 4.69) is 20.8 Å². The Bertz CT molecular complexity index is 695. The molecule has 170 valence electrons. The van der Waals surface area contributed by atoms with Crippen LogP contribution in [0.15, 0.2) is 0 Å². The van der Waals surface area contributed by atoms with Crippen LogP contribution in [0.1, 0.15) is 78.6 Å². The number of hydrogen-bond acceptors (Lipinski definition) is 3. The molecule has 0 spiro atoms. The van der Waals surface area contributed by atoms with Gasteiger partial charge < -0.3 is 15.1 Å². The first-order valence-corrected chi connectivity index (χ1v) is 12.2. The van der Waals surface area contributed by atoms with E-state index >= 15 is 0 Å². The number of fused-ring (bicyclic) bond motifs is 5. The molecule has 2 N–H and O–H groups in total. The molecule has 5 unspecified atom stereocenters. The van der Waals surface area contributed by atoms with Gasteiger partial charge in [0.15, 0.2) is 0 Å². The average Bonchev–Trinajstić information content (AvgIpc) is 3.04. The second kappa shape index (κ2) is 7.79. The molecule has 0 aromatic heterocycles. The minimum absolute atomic E-state index is 0.204. The van der Waals surface area contributed by atoms with Crippen LogP contribution in [0.4, 0.5) is 4.79 Å². The van der Waals surface area contributed by atoms with Crippen LogP contribution in [-0.2, 0) is 4.79 Å². The van der Waals surface area contributed by atoms with Crippen molar-refractivity contribution in [2.45, 2.75) is 84.7 Å². The Labute approximate surface area is 181 Å². The number of Topliss-reactive ketones (excluding diaryl/α,β-unsaturated/α-hetero) is 1. The number of carboxylic acid groups (broad SMARTS) is 1. The summed E-state index contributed by atoms with van der Waals surface area (Å²) < 4.78 is 0. The predicted molar refractivity (Wildman–Crippen MR) is 116 cm³/mol. The molecule has 0 aliphatic heterocycles. The van der Waals surface area contributed by atoms with E-state index in [9.17, 15) is 14.7 Å². The van der Waals surface area contributed by atoms with E-state index in [1.807, 2.05) is 0 Å². The van der Waals surface area contributed by atoms with E-state index < -0.39 is 6.09 Å². The van der Waals surface area contributed by atoms with Gasteiger partial charge in [0.1, 0.15) is 5.78 Å². The van der Waals surface area contributed by atoms with Crippen LogP contribution in [0.2, 0.25) is 0 Å². The van der Waals surface area contributed by atoms with Crippen molar-refractivity contribution >= 4 is 11.9 Å². The van der Waals surface area contributed by atoms with Gasteiger partial charge in [-0.25, -0.2) is 4.79 Å². The van der Waals surface area contributed by atoms with Gasteiger partial charge in [-0.15, -0.1) is 0 Å². The Morgan fingerprint density at radius 1 is 1.13 bits per heavy atom. The molecule has 30 heavy (non-hydrogen) atoms. The monoisotopic (exact) mass is 419 g/mol. The molecule has 5 heteroatoms. The highest BCUT2D eigenvalue weighted by Gasteiger charge is 2.62. The van der Waals surface area contributed by atoms with E-state index in [0.717, 1.165) is 38.5 Å². The van der Waals surface area contributed by atoms with Gasteiger partial charge in [-0.1, -0.05) is 20.8 Å². The number of aliphatic hydroxyl groups is 1. The predicted octanol–water partition coefficient (Wildman–Crippen LogP) is 4.82. The third-order valence-electron chi connectivity index (χ3n) is 10.4. The molecule has 4 fully saturated rings. The summed E-state index contributed by atoms with van der Waals surface area (Å²) in [4.78, 5) is 26.0. The van der Waals surface area contributed by atoms with E-state index in [4.69, 9.17) is 5.11 Å². The van der Waals surface area contributed by atoms with Gasteiger partial charge >= 0.3 is 6.09 Å². The lowest BCUT2D eigenvalue weighted by atomic mass is 9.44. The van der Waals surface area contributed by atoms with Gasteiger partial charge in [0.25, 0.3) is 0 Å². The second-order valence-electron chi connectivity index (χ2n) is 11.7. The molecule has 5 nitrogen and oxygen atoms in total. The van der Waals surface area contributed by atoms with Gasteiger partial charge in [0.05, 0.1) is 6.10 Å². The highest BCUT2D eigenvalue weighted by Crippen LogP contribution is 2.67. The lowest BCUT2D eigenvalue weighted by Gasteiger charge is -2.60. The molecule has 0 aromatic rings. The summed E-state index contributed by atoms with van der Waals surface area (Å²) >= 11 is 0. The SMILES string of the molecule is CC(CCN(C)C(=O)O)[C@H]1CCC2C3C(=O)CC4C[C@H](O)CC[C@]4(C)C3CC[C@@]21C. The van der Waals surface area contributed by atoms with Gasteiger partial charge in [-0.3, -0.25) is 4.79 Å². The van der Waals surface area contributed by atoms with E-state index in [-0.39, 0.29) is 22.9 Å². The van der Waals surface area contributed by atoms with Crippen molar-refractivity contribution in [1.29, 1.82) is 0 Å².